The topological polar surface area (TPSA) is 87.2 Å². The third-order valence-corrected chi connectivity index (χ3v) is 4.44. The molecule has 1 aromatic carbocycles. The molecule has 2 rings (SSSR count). The van der Waals surface area contributed by atoms with E-state index in [1.165, 1.54) is 0 Å². The minimum atomic E-state index is -3.72. The van der Waals surface area contributed by atoms with Crippen molar-refractivity contribution in [2.24, 2.45) is 5.14 Å². The second kappa shape index (κ2) is 5.87. The number of hydrogen-bond donors (Lipinski definition) is 1. The van der Waals surface area contributed by atoms with Crippen molar-refractivity contribution < 1.29 is 13.2 Å². The van der Waals surface area contributed by atoms with Crippen LogP contribution in [0.1, 0.15) is 23.9 Å². The highest BCUT2D eigenvalue weighted by molar-refractivity contribution is 7.89. The molecule has 1 heterocycles. The molecule has 0 saturated carbocycles. The first-order valence-corrected chi connectivity index (χ1v) is 8.14. The van der Waals surface area contributed by atoms with E-state index < -0.39 is 10.0 Å². The third kappa shape index (κ3) is 3.43. The van der Waals surface area contributed by atoms with Crippen molar-refractivity contribution in [1.29, 1.82) is 0 Å². The molecule has 0 atom stereocenters. The Hall–Kier alpha value is -1.86. The molecule has 2 aromatic rings. The van der Waals surface area contributed by atoms with Crippen molar-refractivity contribution in [1.82, 2.24) is 9.55 Å². The summed E-state index contributed by atoms with van der Waals surface area (Å²) >= 11 is 0. The summed E-state index contributed by atoms with van der Waals surface area (Å²) in [6, 6.07) is 3.35. The fourth-order valence-electron chi connectivity index (χ4n) is 2.36. The highest BCUT2D eigenvalue weighted by Gasteiger charge is 2.16. The average Bonchev–Trinajstić information content (AvgIpc) is 2.81. The van der Waals surface area contributed by atoms with Gasteiger partial charge in [-0.15, -0.1) is 0 Å². The van der Waals surface area contributed by atoms with Crippen LogP contribution in [0.4, 0.5) is 0 Å². The molecule has 7 heteroatoms. The van der Waals surface area contributed by atoms with Gasteiger partial charge in [0, 0.05) is 18.9 Å². The molecule has 0 fully saturated rings. The van der Waals surface area contributed by atoms with E-state index in [-0.39, 0.29) is 4.90 Å². The maximum absolute atomic E-state index is 11.5. The summed E-state index contributed by atoms with van der Waals surface area (Å²) < 4.78 is 30.8. The quantitative estimate of drug-likeness (QED) is 0.911. The van der Waals surface area contributed by atoms with Crippen LogP contribution < -0.4 is 9.88 Å². The number of nitrogens with zero attached hydrogens (tertiary/aromatic N) is 2. The van der Waals surface area contributed by atoms with Gasteiger partial charge in [-0.05, 0) is 44.0 Å². The van der Waals surface area contributed by atoms with E-state index >= 15 is 0 Å². The molecule has 114 valence electrons. The normalized spacial score (nSPS) is 11.6. The fourth-order valence-corrected chi connectivity index (χ4v) is 3.37. The van der Waals surface area contributed by atoms with Gasteiger partial charge < -0.3 is 9.30 Å². The fraction of sp³-hybridized carbons (Fsp3) is 0.357. The number of sulfonamides is 1. The van der Waals surface area contributed by atoms with Crippen LogP contribution in [-0.4, -0.2) is 18.0 Å². The second-order valence-corrected chi connectivity index (χ2v) is 6.35. The van der Waals surface area contributed by atoms with Crippen LogP contribution in [0.3, 0.4) is 0 Å². The SMILES string of the molecule is CCn1ccnc1COc1cc(C)c(S(N)(=O)=O)c(C)c1. The summed E-state index contributed by atoms with van der Waals surface area (Å²) in [5.41, 5.74) is 1.15. The van der Waals surface area contributed by atoms with Crippen molar-refractivity contribution in [2.45, 2.75) is 38.8 Å². The number of rotatable bonds is 5. The van der Waals surface area contributed by atoms with Gasteiger partial charge in [0.15, 0.2) is 0 Å². The molecule has 6 nitrogen and oxygen atoms in total. The van der Waals surface area contributed by atoms with Crippen LogP contribution in [0.25, 0.3) is 0 Å². The second-order valence-electron chi connectivity index (χ2n) is 4.85. The highest BCUT2D eigenvalue weighted by atomic mass is 32.2. The van der Waals surface area contributed by atoms with Gasteiger partial charge in [0.05, 0.1) is 4.90 Å². The minimum absolute atomic E-state index is 0.157. The molecular formula is C14H19N3O3S. The predicted molar refractivity (Wildman–Crippen MR) is 79.5 cm³/mol. The Morgan fingerprint density at radius 1 is 1.29 bits per heavy atom. The van der Waals surface area contributed by atoms with E-state index in [9.17, 15) is 8.42 Å². The summed E-state index contributed by atoms with van der Waals surface area (Å²) in [6.07, 6.45) is 3.61. The molecule has 1 aromatic heterocycles. The van der Waals surface area contributed by atoms with Gasteiger partial charge in [-0.3, -0.25) is 0 Å². The zero-order valence-electron chi connectivity index (χ0n) is 12.3. The van der Waals surface area contributed by atoms with E-state index in [0.29, 0.717) is 23.5 Å². The van der Waals surface area contributed by atoms with Gasteiger partial charge in [0.2, 0.25) is 10.0 Å². The van der Waals surface area contributed by atoms with Gasteiger partial charge >= 0.3 is 0 Å². The summed E-state index contributed by atoms with van der Waals surface area (Å²) in [7, 11) is -3.72. The lowest BCUT2D eigenvalue weighted by Gasteiger charge is -2.12. The number of imidazole rings is 1. The van der Waals surface area contributed by atoms with Crippen LogP contribution in [0.5, 0.6) is 5.75 Å². The number of benzene rings is 1. The van der Waals surface area contributed by atoms with Crippen LogP contribution in [0.2, 0.25) is 0 Å². The number of primary sulfonamides is 1. The van der Waals surface area contributed by atoms with Gasteiger partial charge in [-0.2, -0.15) is 0 Å². The van der Waals surface area contributed by atoms with Crippen molar-refractivity contribution in [3.8, 4) is 5.75 Å². The maximum Gasteiger partial charge on any atom is 0.238 e. The molecule has 0 unspecified atom stereocenters. The minimum Gasteiger partial charge on any atom is -0.486 e. The Kier molecular flexibility index (Phi) is 4.34. The smallest absolute Gasteiger partial charge is 0.238 e. The third-order valence-electron chi connectivity index (χ3n) is 3.23. The summed E-state index contributed by atoms with van der Waals surface area (Å²) in [5, 5.41) is 5.22. The molecule has 0 radical (unpaired) electrons. The van der Waals surface area contributed by atoms with Crippen LogP contribution in [0.15, 0.2) is 29.4 Å². The number of nitrogens with two attached hydrogens (primary N) is 1. The van der Waals surface area contributed by atoms with Crippen molar-refractivity contribution in [2.75, 3.05) is 0 Å². The highest BCUT2D eigenvalue weighted by Crippen LogP contribution is 2.25. The summed E-state index contributed by atoms with van der Waals surface area (Å²) in [5.74, 6) is 1.42. The lowest BCUT2D eigenvalue weighted by Crippen LogP contribution is -2.15. The first kappa shape index (κ1) is 15.5. The Morgan fingerprint density at radius 3 is 2.43 bits per heavy atom. The Balaban J connectivity index is 2.23. The Morgan fingerprint density at radius 2 is 1.90 bits per heavy atom. The van der Waals surface area contributed by atoms with Gasteiger partial charge in [0.1, 0.15) is 18.2 Å². The molecule has 0 spiro atoms. The van der Waals surface area contributed by atoms with Crippen LogP contribution >= 0.6 is 0 Å². The number of aromatic nitrogens is 2. The van der Waals surface area contributed by atoms with Gasteiger partial charge in [-0.25, -0.2) is 18.5 Å². The zero-order valence-corrected chi connectivity index (χ0v) is 13.1. The van der Waals surface area contributed by atoms with E-state index in [4.69, 9.17) is 9.88 Å². The molecule has 0 aliphatic rings. The standard InChI is InChI=1S/C14H19N3O3S/c1-4-17-6-5-16-13(17)9-20-12-7-10(2)14(11(3)8-12)21(15,18)19/h5-8H,4,9H2,1-3H3,(H2,15,18,19). The van der Waals surface area contributed by atoms with Gasteiger partial charge in [0.25, 0.3) is 0 Å². The monoisotopic (exact) mass is 309 g/mol. The Labute approximate surface area is 124 Å². The van der Waals surface area contributed by atoms with Crippen LogP contribution in [-0.2, 0) is 23.2 Å². The average molecular weight is 309 g/mol. The first-order chi connectivity index (χ1) is 9.82. The van der Waals surface area contributed by atoms with E-state index in [1.54, 1.807) is 32.2 Å². The number of aryl methyl sites for hydroxylation is 3. The number of hydrogen-bond acceptors (Lipinski definition) is 4. The largest absolute Gasteiger partial charge is 0.486 e. The zero-order chi connectivity index (χ0) is 15.6. The predicted octanol–water partition coefficient (Wildman–Crippen LogP) is 1.75. The van der Waals surface area contributed by atoms with Gasteiger partial charge in [-0.1, -0.05) is 0 Å². The summed E-state index contributed by atoms with van der Waals surface area (Å²) in [6.45, 7) is 6.58. The van der Waals surface area contributed by atoms with E-state index in [0.717, 1.165) is 12.4 Å². The number of ether oxygens (including phenoxy) is 1. The molecule has 0 amide bonds. The lowest BCUT2D eigenvalue weighted by atomic mass is 10.1. The Bertz CT molecular complexity index is 728. The van der Waals surface area contributed by atoms with Crippen molar-refractivity contribution in [3.05, 3.63) is 41.5 Å². The molecule has 0 bridgehead atoms. The lowest BCUT2D eigenvalue weighted by molar-refractivity contribution is 0.289. The molecule has 2 N–H and O–H groups in total. The first-order valence-electron chi connectivity index (χ1n) is 6.59. The maximum atomic E-state index is 11.5. The van der Waals surface area contributed by atoms with E-state index in [2.05, 4.69) is 4.98 Å². The van der Waals surface area contributed by atoms with Crippen molar-refractivity contribution in [3.63, 3.8) is 0 Å². The van der Waals surface area contributed by atoms with Crippen LogP contribution in [0, 0.1) is 13.8 Å². The summed E-state index contributed by atoms with van der Waals surface area (Å²) in [4.78, 5) is 4.38. The molecule has 0 aliphatic heterocycles. The molecular weight excluding hydrogens is 290 g/mol. The molecule has 0 aliphatic carbocycles. The van der Waals surface area contributed by atoms with E-state index in [1.807, 2.05) is 17.7 Å². The molecule has 21 heavy (non-hydrogen) atoms. The van der Waals surface area contributed by atoms with Crippen molar-refractivity contribution >= 4 is 10.0 Å². The molecule has 0 saturated heterocycles.